The molecule has 4 heteroatoms. The Bertz CT molecular complexity index is 597. The average Bonchev–Trinajstić information content (AvgIpc) is 2.47. The van der Waals surface area contributed by atoms with Gasteiger partial charge in [-0.3, -0.25) is 4.79 Å². The predicted octanol–water partition coefficient (Wildman–Crippen LogP) is 5.25. The molecule has 0 aromatic heterocycles. The Balaban J connectivity index is 2.19. The molecule has 2 nitrogen and oxygen atoms in total. The molecule has 0 bridgehead atoms. The Kier molecular flexibility index (Phi) is 5.38. The van der Waals surface area contributed by atoms with Gasteiger partial charge >= 0.3 is 0 Å². The molecule has 0 spiro atoms. The Morgan fingerprint density at radius 2 is 1.85 bits per heavy atom. The number of benzene rings is 2. The molecule has 0 fully saturated rings. The normalized spacial score (nSPS) is 11.9. The zero-order chi connectivity index (χ0) is 14.5. The van der Waals surface area contributed by atoms with Crippen molar-refractivity contribution in [3.05, 3.63) is 63.0 Å². The van der Waals surface area contributed by atoms with E-state index >= 15 is 0 Å². The van der Waals surface area contributed by atoms with Crippen molar-refractivity contribution in [1.82, 2.24) is 0 Å². The van der Waals surface area contributed by atoms with Gasteiger partial charge in [-0.2, -0.15) is 0 Å². The maximum absolute atomic E-state index is 12.4. The summed E-state index contributed by atoms with van der Waals surface area (Å²) < 4.78 is 7.63. The SMILES string of the molecule is CCC(Oc1ccc(Br)cc1Br)C(=O)c1ccccc1. The Labute approximate surface area is 135 Å². The number of hydrogen-bond acceptors (Lipinski definition) is 2. The second-order valence-electron chi connectivity index (χ2n) is 4.32. The van der Waals surface area contributed by atoms with E-state index in [-0.39, 0.29) is 5.78 Å². The zero-order valence-electron chi connectivity index (χ0n) is 11.0. The van der Waals surface area contributed by atoms with Gasteiger partial charge in [-0.15, -0.1) is 0 Å². The summed E-state index contributed by atoms with van der Waals surface area (Å²) in [4.78, 5) is 12.4. The van der Waals surface area contributed by atoms with Crippen molar-refractivity contribution in [2.45, 2.75) is 19.4 Å². The van der Waals surface area contributed by atoms with Gasteiger partial charge in [0.25, 0.3) is 0 Å². The van der Waals surface area contributed by atoms with Gasteiger partial charge in [0.1, 0.15) is 5.75 Å². The van der Waals surface area contributed by atoms with Gasteiger partial charge < -0.3 is 4.74 Å². The van der Waals surface area contributed by atoms with Crippen LogP contribution in [0.5, 0.6) is 5.75 Å². The fraction of sp³-hybridized carbons (Fsp3) is 0.188. The quantitative estimate of drug-likeness (QED) is 0.644. The van der Waals surface area contributed by atoms with Crippen LogP contribution in [0.3, 0.4) is 0 Å². The Hall–Kier alpha value is -1.13. The molecule has 2 aromatic carbocycles. The van der Waals surface area contributed by atoms with Crippen LogP contribution in [0.15, 0.2) is 57.5 Å². The third kappa shape index (κ3) is 3.70. The van der Waals surface area contributed by atoms with Crippen LogP contribution in [0, 0.1) is 0 Å². The van der Waals surface area contributed by atoms with Gasteiger partial charge in [0.2, 0.25) is 5.78 Å². The van der Waals surface area contributed by atoms with Crippen molar-refractivity contribution in [1.29, 1.82) is 0 Å². The van der Waals surface area contributed by atoms with E-state index in [9.17, 15) is 4.79 Å². The summed E-state index contributed by atoms with van der Waals surface area (Å²) in [7, 11) is 0. The average molecular weight is 398 g/mol. The first-order valence-electron chi connectivity index (χ1n) is 6.32. The van der Waals surface area contributed by atoms with Crippen molar-refractivity contribution < 1.29 is 9.53 Å². The summed E-state index contributed by atoms with van der Waals surface area (Å²) >= 11 is 6.84. The molecule has 2 rings (SSSR count). The van der Waals surface area contributed by atoms with Gasteiger partial charge in [-0.05, 0) is 40.5 Å². The summed E-state index contributed by atoms with van der Waals surface area (Å²) in [5.41, 5.74) is 0.674. The van der Waals surface area contributed by atoms with Crippen LogP contribution in [0.25, 0.3) is 0 Å². The Morgan fingerprint density at radius 3 is 2.45 bits per heavy atom. The van der Waals surface area contributed by atoms with Crippen molar-refractivity contribution in [3.63, 3.8) is 0 Å². The lowest BCUT2D eigenvalue weighted by Gasteiger charge is -2.17. The molecule has 0 N–H and O–H groups in total. The molecular weight excluding hydrogens is 384 g/mol. The number of ether oxygens (including phenoxy) is 1. The first kappa shape index (κ1) is 15.3. The molecule has 0 saturated heterocycles. The molecule has 0 heterocycles. The lowest BCUT2D eigenvalue weighted by atomic mass is 10.0. The molecule has 2 aromatic rings. The highest BCUT2D eigenvalue weighted by atomic mass is 79.9. The van der Waals surface area contributed by atoms with Crippen LogP contribution in [0.1, 0.15) is 23.7 Å². The van der Waals surface area contributed by atoms with E-state index in [1.807, 2.05) is 55.5 Å². The number of carbonyl (C=O) groups excluding carboxylic acids is 1. The van der Waals surface area contributed by atoms with E-state index in [1.54, 1.807) is 0 Å². The van der Waals surface area contributed by atoms with Gasteiger partial charge in [0.05, 0.1) is 4.47 Å². The first-order valence-corrected chi connectivity index (χ1v) is 7.91. The number of halogens is 2. The summed E-state index contributed by atoms with van der Waals surface area (Å²) in [5.74, 6) is 0.673. The van der Waals surface area contributed by atoms with E-state index in [0.29, 0.717) is 17.7 Å². The topological polar surface area (TPSA) is 26.3 Å². The highest BCUT2D eigenvalue weighted by molar-refractivity contribution is 9.11. The predicted molar refractivity (Wildman–Crippen MR) is 87.3 cm³/mol. The standard InChI is InChI=1S/C16H14Br2O2/c1-2-14(16(19)11-6-4-3-5-7-11)20-15-9-8-12(17)10-13(15)18/h3-10,14H,2H2,1H3. The smallest absolute Gasteiger partial charge is 0.203 e. The summed E-state index contributed by atoms with van der Waals surface area (Å²) in [6.45, 7) is 1.94. The number of ketones is 1. The van der Waals surface area contributed by atoms with Crippen molar-refractivity contribution in [2.75, 3.05) is 0 Å². The molecule has 1 atom stereocenters. The number of Topliss-reactive ketones (excluding diaryl/α,β-unsaturated/α-hetero) is 1. The van der Waals surface area contributed by atoms with Gasteiger partial charge in [-0.25, -0.2) is 0 Å². The van der Waals surface area contributed by atoms with E-state index in [1.165, 1.54) is 0 Å². The third-order valence-corrected chi connectivity index (χ3v) is 4.00. The molecule has 0 aliphatic rings. The van der Waals surface area contributed by atoms with Crippen molar-refractivity contribution >= 4 is 37.6 Å². The molecule has 1 unspecified atom stereocenters. The second-order valence-corrected chi connectivity index (χ2v) is 6.09. The van der Waals surface area contributed by atoms with Gasteiger partial charge in [-0.1, -0.05) is 53.2 Å². The van der Waals surface area contributed by atoms with Crippen LogP contribution in [-0.4, -0.2) is 11.9 Å². The maximum atomic E-state index is 12.4. The van der Waals surface area contributed by atoms with E-state index in [4.69, 9.17) is 4.74 Å². The van der Waals surface area contributed by atoms with Crippen molar-refractivity contribution in [2.24, 2.45) is 0 Å². The first-order chi connectivity index (χ1) is 9.61. The van der Waals surface area contributed by atoms with E-state index < -0.39 is 6.10 Å². The minimum atomic E-state index is -0.477. The van der Waals surface area contributed by atoms with Crippen LogP contribution in [0.2, 0.25) is 0 Å². The van der Waals surface area contributed by atoms with Gasteiger partial charge in [0, 0.05) is 10.0 Å². The molecule has 104 valence electrons. The number of rotatable bonds is 5. The lowest BCUT2D eigenvalue weighted by Crippen LogP contribution is -2.26. The van der Waals surface area contributed by atoms with Crippen LogP contribution < -0.4 is 4.74 Å². The minimum Gasteiger partial charge on any atom is -0.481 e. The number of hydrogen-bond donors (Lipinski definition) is 0. The molecular formula is C16H14Br2O2. The molecule has 0 aliphatic heterocycles. The van der Waals surface area contributed by atoms with Crippen LogP contribution in [-0.2, 0) is 0 Å². The van der Waals surface area contributed by atoms with Gasteiger partial charge in [0.15, 0.2) is 6.10 Å². The maximum Gasteiger partial charge on any atom is 0.203 e. The van der Waals surface area contributed by atoms with E-state index in [2.05, 4.69) is 31.9 Å². The third-order valence-electron chi connectivity index (χ3n) is 2.88. The highest BCUT2D eigenvalue weighted by Crippen LogP contribution is 2.29. The summed E-state index contributed by atoms with van der Waals surface area (Å²) in [5, 5.41) is 0. The van der Waals surface area contributed by atoms with Crippen LogP contribution >= 0.6 is 31.9 Å². The molecule has 0 saturated carbocycles. The largest absolute Gasteiger partial charge is 0.481 e. The monoisotopic (exact) mass is 396 g/mol. The molecule has 20 heavy (non-hydrogen) atoms. The number of carbonyl (C=O) groups is 1. The lowest BCUT2D eigenvalue weighted by molar-refractivity contribution is 0.0785. The molecule has 0 radical (unpaired) electrons. The van der Waals surface area contributed by atoms with E-state index in [0.717, 1.165) is 8.95 Å². The summed E-state index contributed by atoms with van der Waals surface area (Å²) in [6, 6.07) is 14.9. The minimum absolute atomic E-state index is 0.00270. The van der Waals surface area contributed by atoms with Crippen molar-refractivity contribution in [3.8, 4) is 5.75 Å². The fourth-order valence-electron chi connectivity index (χ4n) is 1.83. The van der Waals surface area contributed by atoms with Crippen LogP contribution in [0.4, 0.5) is 0 Å². The second kappa shape index (κ2) is 7.04. The highest BCUT2D eigenvalue weighted by Gasteiger charge is 2.20. The molecule has 0 aliphatic carbocycles. The fourth-order valence-corrected chi connectivity index (χ4v) is 2.98. The molecule has 0 amide bonds. The Morgan fingerprint density at radius 1 is 1.15 bits per heavy atom. The summed E-state index contributed by atoms with van der Waals surface area (Å²) in [6.07, 6.45) is 0.144. The zero-order valence-corrected chi connectivity index (χ0v) is 14.1.